The zero-order valence-electron chi connectivity index (χ0n) is 10.1. The second-order valence-corrected chi connectivity index (χ2v) is 4.37. The lowest BCUT2D eigenvalue weighted by Gasteiger charge is -2.23. The molecule has 1 heterocycles. The summed E-state index contributed by atoms with van der Waals surface area (Å²) in [6.07, 6.45) is 0. The van der Waals surface area contributed by atoms with Crippen molar-refractivity contribution in [3.05, 3.63) is 35.7 Å². The molecule has 2 rings (SSSR count). The minimum absolute atomic E-state index is 0.441. The fraction of sp³-hybridized carbons (Fsp3) is 0.308. The summed E-state index contributed by atoms with van der Waals surface area (Å²) in [4.78, 5) is 19.5. The number of aromatic nitrogens is 2. The van der Waals surface area contributed by atoms with Crippen LogP contribution >= 0.6 is 0 Å². The Balaban J connectivity index is 2.61. The van der Waals surface area contributed by atoms with Gasteiger partial charge < -0.3 is 4.74 Å². The van der Waals surface area contributed by atoms with Crippen LogP contribution in [0.25, 0.3) is 11.0 Å². The molecule has 0 radical (unpaired) electrons. The molecule has 1 aromatic heterocycles. The Hall–Kier alpha value is -1.97. The summed E-state index contributed by atoms with van der Waals surface area (Å²) in [5.74, 6) is 0. The number of nitrogens with zero attached hydrogens (tertiary/aromatic N) is 2. The predicted octanol–water partition coefficient (Wildman–Crippen LogP) is 2.35. The van der Waals surface area contributed by atoms with Gasteiger partial charge in [0.15, 0.2) is 0 Å². The summed E-state index contributed by atoms with van der Waals surface area (Å²) in [5, 5.41) is 0. The minimum atomic E-state index is -0.761. The first-order valence-electron chi connectivity index (χ1n) is 5.40. The Morgan fingerprint density at radius 3 is 2.35 bits per heavy atom. The van der Waals surface area contributed by atoms with Gasteiger partial charge in [0, 0.05) is 0 Å². The molecule has 0 aliphatic heterocycles. The van der Waals surface area contributed by atoms with E-state index in [0.29, 0.717) is 12.2 Å². The van der Waals surface area contributed by atoms with Crippen LogP contribution in [0.15, 0.2) is 24.3 Å². The molecule has 17 heavy (non-hydrogen) atoms. The van der Waals surface area contributed by atoms with Crippen LogP contribution in [0.2, 0.25) is 0 Å². The lowest BCUT2D eigenvalue weighted by molar-refractivity contribution is -0.141. The molecule has 0 fully saturated rings. The fourth-order valence-corrected chi connectivity index (χ4v) is 1.83. The lowest BCUT2D eigenvalue weighted by Crippen LogP contribution is -2.24. The lowest BCUT2D eigenvalue weighted by atomic mass is 10.0. The maximum absolute atomic E-state index is 10.5. The number of fused-ring (bicyclic) bond motifs is 1. The van der Waals surface area contributed by atoms with Crippen molar-refractivity contribution in [3.63, 3.8) is 0 Å². The highest BCUT2D eigenvalue weighted by Crippen LogP contribution is 2.25. The van der Waals surface area contributed by atoms with Gasteiger partial charge in [-0.1, -0.05) is 12.1 Å². The smallest absolute Gasteiger partial charge is 0.294 e. The standard InChI is InChI=1S/C13H14N2O2/c1-9-12(13(2,3)17-8-16)15-11-7-5-4-6-10(11)14-9/h4-8H,1-3H3. The van der Waals surface area contributed by atoms with Crippen molar-refractivity contribution in [2.45, 2.75) is 26.4 Å². The number of aryl methyl sites for hydroxylation is 1. The van der Waals surface area contributed by atoms with E-state index < -0.39 is 5.60 Å². The van der Waals surface area contributed by atoms with Gasteiger partial charge >= 0.3 is 0 Å². The molecule has 0 atom stereocenters. The van der Waals surface area contributed by atoms with Crippen molar-refractivity contribution < 1.29 is 9.53 Å². The van der Waals surface area contributed by atoms with Crippen molar-refractivity contribution in [3.8, 4) is 0 Å². The largest absolute Gasteiger partial charge is 0.455 e. The third-order valence-corrected chi connectivity index (χ3v) is 2.66. The molecule has 0 unspecified atom stereocenters. The van der Waals surface area contributed by atoms with Crippen LogP contribution in [0.3, 0.4) is 0 Å². The molecule has 0 aliphatic rings. The van der Waals surface area contributed by atoms with Gasteiger partial charge in [0.2, 0.25) is 0 Å². The average molecular weight is 230 g/mol. The van der Waals surface area contributed by atoms with Gasteiger partial charge in [-0.05, 0) is 32.9 Å². The van der Waals surface area contributed by atoms with Crippen LogP contribution in [-0.4, -0.2) is 16.4 Å². The molecule has 4 nitrogen and oxygen atoms in total. The van der Waals surface area contributed by atoms with Crippen molar-refractivity contribution in [2.75, 3.05) is 0 Å². The third-order valence-electron chi connectivity index (χ3n) is 2.66. The van der Waals surface area contributed by atoms with E-state index in [2.05, 4.69) is 9.97 Å². The van der Waals surface area contributed by atoms with Crippen molar-refractivity contribution >= 4 is 17.5 Å². The topological polar surface area (TPSA) is 52.1 Å². The number of benzene rings is 1. The van der Waals surface area contributed by atoms with E-state index >= 15 is 0 Å². The first-order chi connectivity index (χ1) is 8.04. The zero-order chi connectivity index (χ0) is 12.5. The van der Waals surface area contributed by atoms with Crippen molar-refractivity contribution in [2.24, 2.45) is 0 Å². The average Bonchev–Trinajstić information content (AvgIpc) is 2.27. The second-order valence-electron chi connectivity index (χ2n) is 4.37. The van der Waals surface area contributed by atoms with Crippen molar-refractivity contribution in [1.29, 1.82) is 0 Å². The van der Waals surface area contributed by atoms with Gasteiger partial charge in [-0.2, -0.15) is 0 Å². The second kappa shape index (κ2) is 4.13. The van der Waals surface area contributed by atoms with Gasteiger partial charge in [-0.3, -0.25) is 4.79 Å². The normalized spacial score (nSPS) is 11.5. The summed E-state index contributed by atoms with van der Waals surface area (Å²) in [6, 6.07) is 7.63. The molecular weight excluding hydrogens is 216 g/mol. The fourth-order valence-electron chi connectivity index (χ4n) is 1.83. The van der Waals surface area contributed by atoms with Crippen LogP contribution in [0.4, 0.5) is 0 Å². The Kier molecular flexibility index (Phi) is 2.79. The molecule has 0 saturated heterocycles. The number of ether oxygens (including phenoxy) is 1. The van der Waals surface area contributed by atoms with E-state index in [1.807, 2.05) is 31.2 Å². The third kappa shape index (κ3) is 2.11. The molecule has 0 N–H and O–H groups in total. The summed E-state index contributed by atoms with van der Waals surface area (Å²) >= 11 is 0. The van der Waals surface area contributed by atoms with E-state index in [1.54, 1.807) is 13.8 Å². The van der Waals surface area contributed by atoms with Crippen molar-refractivity contribution in [1.82, 2.24) is 9.97 Å². The Morgan fingerprint density at radius 2 is 1.76 bits per heavy atom. The highest BCUT2D eigenvalue weighted by molar-refractivity contribution is 5.74. The number of para-hydroxylation sites is 2. The highest BCUT2D eigenvalue weighted by atomic mass is 16.5. The van der Waals surface area contributed by atoms with E-state index in [4.69, 9.17) is 4.74 Å². The monoisotopic (exact) mass is 230 g/mol. The van der Waals surface area contributed by atoms with E-state index in [9.17, 15) is 4.79 Å². The van der Waals surface area contributed by atoms with E-state index in [0.717, 1.165) is 16.7 Å². The highest BCUT2D eigenvalue weighted by Gasteiger charge is 2.26. The SMILES string of the molecule is Cc1nc2ccccc2nc1C(C)(C)OC=O. The quantitative estimate of drug-likeness (QED) is 0.759. The van der Waals surface area contributed by atoms with Crippen LogP contribution in [0.1, 0.15) is 25.2 Å². The number of hydrogen-bond acceptors (Lipinski definition) is 4. The van der Waals surface area contributed by atoms with Gasteiger partial charge in [0.1, 0.15) is 11.3 Å². The number of carbonyl (C=O) groups is 1. The maximum Gasteiger partial charge on any atom is 0.294 e. The molecule has 0 saturated carbocycles. The number of hydrogen-bond donors (Lipinski definition) is 0. The summed E-state index contributed by atoms with van der Waals surface area (Å²) in [7, 11) is 0. The molecular formula is C13H14N2O2. The van der Waals surface area contributed by atoms with Crippen LogP contribution < -0.4 is 0 Å². The molecule has 88 valence electrons. The Labute approximate surface area is 99.7 Å². The number of carbonyl (C=O) groups excluding carboxylic acids is 1. The summed E-state index contributed by atoms with van der Waals surface area (Å²) in [6.45, 7) is 5.90. The summed E-state index contributed by atoms with van der Waals surface area (Å²) < 4.78 is 5.06. The summed E-state index contributed by atoms with van der Waals surface area (Å²) in [5.41, 5.74) is 2.34. The molecule has 0 bridgehead atoms. The van der Waals surface area contributed by atoms with Crippen LogP contribution in [-0.2, 0) is 15.1 Å². The van der Waals surface area contributed by atoms with Gasteiger partial charge in [0.05, 0.1) is 16.7 Å². The maximum atomic E-state index is 10.5. The minimum Gasteiger partial charge on any atom is -0.455 e. The van der Waals surface area contributed by atoms with Crippen LogP contribution in [0.5, 0.6) is 0 Å². The first-order valence-corrected chi connectivity index (χ1v) is 5.40. The predicted molar refractivity (Wildman–Crippen MR) is 64.5 cm³/mol. The molecule has 4 heteroatoms. The Bertz CT molecular complexity index is 564. The zero-order valence-corrected chi connectivity index (χ0v) is 10.1. The molecule has 0 aliphatic carbocycles. The number of rotatable bonds is 3. The molecule has 2 aromatic rings. The molecule has 0 amide bonds. The van der Waals surface area contributed by atoms with Gasteiger partial charge in [0.25, 0.3) is 6.47 Å². The van der Waals surface area contributed by atoms with Gasteiger partial charge in [-0.25, -0.2) is 9.97 Å². The van der Waals surface area contributed by atoms with Crippen LogP contribution in [0, 0.1) is 6.92 Å². The molecule has 0 spiro atoms. The molecule has 1 aromatic carbocycles. The van der Waals surface area contributed by atoms with Gasteiger partial charge in [-0.15, -0.1) is 0 Å². The first kappa shape index (κ1) is 11.5. The Morgan fingerprint density at radius 1 is 1.18 bits per heavy atom. The van der Waals surface area contributed by atoms with E-state index in [1.165, 1.54) is 0 Å². The van der Waals surface area contributed by atoms with E-state index in [-0.39, 0.29) is 0 Å².